The first-order chi connectivity index (χ1) is 13.7. The van der Waals surface area contributed by atoms with Crippen LogP contribution in [0.5, 0.6) is 0 Å². The number of nitrogens with zero attached hydrogens (tertiary/aromatic N) is 3. The number of carbonyl (C=O) groups excluding carboxylic acids is 1. The lowest BCUT2D eigenvalue weighted by Crippen LogP contribution is -1.94. The third kappa shape index (κ3) is 4.00. The number of allylic oxidation sites excluding steroid dienone is 1. The average Bonchev–Trinajstić information content (AvgIpc) is 3.18. The zero-order valence-electron chi connectivity index (χ0n) is 14.9. The highest BCUT2D eigenvalue weighted by molar-refractivity contribution is 9.10. The molecule has 0 radical (unpaired) electrons. The summed E-state index contributed by atoms with van der Waals surface area (Å²) in [6, 6.07) is 21.0. The Balaban J connectivity index is 1.71. The molecule has 0 N–H and O–H groups in total. The van der Waals surface area contributed by atoms with E-state index >= 15 is 0 Å². The zero-order valence-corrected chi connectivity index (χ0v) is 16.5. The molecule has 0 aliphatic rings. The van der Waals surface area contributed by atoms with Gasteiger partial charge in [0.15, 0.2) is 5.78 Å². The average molecular weight is 430 g/mol. The molecule has 5 heteroatoms. The first-order valence-corrected chi connectivity index (χ1v) is 9.53. The minimum atomic E-state index is -0.0582. The van der Waals surface area contributed by atoms with E-state index in [-0.39, 0.29) is 5.78 Å². The van der Waals surface area contributed by atoms with Crippen LogP contribution in [0.25, 0.3) is 23.0 Å². The van der Waals surface area contributed by atoms with Crippen molar-refractivity contribution in [1.82, 2.24) is 14.8 Å². The fourth-order valence-corrected chi connectivity index (χ4v) is 3.09. The minimum Gasteiger partial charge on any atom is -0.289 e. The van der Waals surface area contributed by atoms with Crippen LogP contribution in [0.2, 0.25) is 0 Å². The van der Waals surface area contributed by atoms with Crippen molar-refractivity contribution in [2.24, 2.45) is 0 Å². The van der Waals surface area contributed by atoms with Crippen LogP contribution in [0.1, 0.15) is 15.9 Å². The van der Waals surface area contributed by atoms with Gasteiger partial charge < -0.3 is 0 Å². The molecule has 2 heterocycles. The summed E-state index contributed by atoms with van der Waals surface area (Å²) in [5.74, 6) is -0.0582. The molecule has 4 nitrogen and oxygen atoms in total. The molecule has 0 fully saturated rings. The van der Waals surface area contributed by atoms with Crippen molar-refractivity contribution in [2.45, 2.75) is 0 Å². The van der Waals surface area contributed by atoms with Gasteiger partial charge in [-0.3, -0.25) is 9.78 Å². The van der Waals surface area contributed by atoms with E-state index in [0.29, 0.717) is 5.56 Å². The lowest BCUT2D eigenvalue weighted by atomic mass is 10.1. The van der Waals surface area contributed by atoms with Gasteiger partial charge in [-0.2, -0.15) is 5.10 Å². The van der Waals surface area contributed by atoms with Gasteiger partial charge in [-0.1, -0.05) is 34.1 Å². The Morgan fingerprint density at radius 2 is 1.75 bits per heavy atom. The molecule has 0 saturated heterocycles. The molecule has 0 amide bonds. The van der Waals surface area contributed by atoms with Crippen molar-refractivity contribution in [3.63, 3.8) is 0 Å². The van der Waals surface area contributed by atoms with E-state index < -0.39 is 0 Å². The summed E-state index contributed by atoms with van der Waals surface area (Å²) < 4.78 is 2.75. The fourth-order valence-electron chi connectivity index (χ4n) is 2.83. The molecule has 0 unspecified atom stereocenters. The largest absolute Gasteiger partial charge is 0.289 e. The summed E-state index contributed by atoms with van der Waals surface area (Å²) in [7, 11) is 0. The van der Waals surface area contributed by atoms with Gasteiger partial charge in [0.05, 0.1) is 5.69 Å². The van der Waals surface area contributed by atoms with Crippen LogP contribution in [-0.4, -0.2) is 20.5 Å². The number of halogens is 1. The lowest BCUT2D eigenvalue weighted by Gasteiger charge is -2.00. The monoisotopic (exact) mass is 429 g/mol. The Kier molecular flexibility index (Phi) is 5.26. The predicted molar refractivity (Wildman–Crippen MR) is 114 cm³/mol. The molecule has 0 atom stereocenters. The van der Waals surface area contributed by atoms with Gasteiger partial charge in [-0.05, 0) is 60.7 Å². The first-order valence-electron chi connectivity index (χ1n) is 8.74. The number of benzene rings is 2. The first kappa shape index (κ1) is 18.1. The molecule has 4 rings (SSSR count). The Morgan fingerprint density at radius 3 is 2.46 bits per heavy atom. The van der Waals surface area contributed by atoms with Crippen LogP contribution in [0.3, 0.4) is 0 Å². The molecule has 4 aromatic rings. The maximum absolute atomic E-state index is 12.5. The second-order valence-corrected chi connectivity index (χ2v) is 7.08. The maximum Gasteiger partial charge on any atom is 0.185 e. The van der Waals surface area contributed by atoms with E-state index in [1.807, 2.05) is 65.5 Å². The van der Waals surface area contributed by atoms with Gasteiger partial charge in [0.2, 0.25) is 0 Å². The summed E-state index contributed by atoms with van der Waals surface area (Å²) in [6.07, 6.45) is 8.80. The SMILES string of the molecule is O=C(C=Cc1cn(-c2ccccc2)nc1-c1cccnc1)c1ccc(Br)cc1. The quantitative estimate of drug-likeness (QED) is 0.306. The van der Waals surface area contributed by atoms with E-state index in [9.17, 15) is 4.79 Å². The molecular weight excluding hydrogens is 414 g/mol. The van der Waals surface area contributed by atoms with Crippen LogP contribution in [0, 0.1) is 0 Å². The highest BCUT2D eigenvalue weighted by Crippen LogP contribution is 2.24. The smallest absolute Gasteiger partial charge is 0.185 e. The highest BCUT2D eigenvalue weighted by Gasteiger charge is 2.11. The zero-order chi connectivity index (χ0) is 19.3. The summed E-state index contributed by atoms with van der Waals surface area (Å²) >= 11 is 3.38. The standard InChI is InChI=1S/C23H16BrN3O/c24-20-11-8-17(9-12-20)22(28)13-10-19-16-27(21-6-2-1-3-7-21)26-23(19)18-5-4-14-25-15-18/h1-16H. The minimum absolute atomic E-state index is 0.0582. The highest BCUT2D eigenvalue weighted by atomic mass is 79.9. The van der Waals surface area contributed by atoms with E-state index in [1.165, 1.54) is 0 Å². The summed E-state index contributed by atoms with van der Waals surface area (Å²) in [5.41, 5.74) is 4.11. The number of ketones is 1. The van der Waals surface area contributed by atoms with Crippen LogP contribution in [-0.2, 0) is 0 Å². The fraction of sp³-hybridized carbons (Fsp3) is 0. The second kappa shape index (κ2) is 8.15. The molecule has 0 bridgehead atoms. The number of carbonyl (C=O) groups is 1. The molecule has 0 spiro atoms. The Morgan fingerprint density at radius 1 is 0.964 bits per heavy atom. The Bertz CT molecular complexity index is 1120. The third-order valence-corrected chi connectivity index (χ3v) is 4.77. The van der Waals surface area contributed by atoms with Crippen molar-refractivity contribution in [3.8, 4) is 16.9 Å². The molecule has 0 saturated carbocycles. The maximum atomic E-state index is 12.5. The molecule has 28 heavy (non-hydrogen) atoms. The Labute approximate surface area is 171 Å². The summed E-state index contributed by atoms with van der Waals surface area (Å²) in [6.45, 7) is 0. The van der Waals surface area contributed by atoms with Crippen LogP contribution in [0.15, 0.2) is 95.9 Å². The van der Waals surface area contributed by atoms with Gasteiger partial charge in [-0.15, -0.1) is 0 Å². The van der Waals surface area contributed by atoms with E-state index in [2.05, 4.69) is 20.9 Å². The number of pyridine rings is 1. The third-order valence-electron chi connectivity index (χ3n) is 4.24. The topological polar surface area (TPSA) is 47.8 Å². The molecule has 2 aromatic heterocycles. The van der Waals surface area contributed by atoms with Crippen LogP contribution in [0.4, 0.5) is 0 Å². The summed E-state index contributed by atoms with van der Waals surface area (Å²) in [5, 5.41) is 4.72. The van der Waals surface area contributed by atoms with E-state index in [1.54, 1.807) is 36.7 Å². The van der Waals surface area contributed by atoms with Gasteiger partial charge in [0, 0.05) is 39.8 Å². The molecule has 2 aromatic carbocycles. The second-order valence-electron chi connectivity index (χ2n) is 6.16. The van der Waals surface area contributed by atoms with Gasteiger partial charge >= 0.3 is 0 Å². The lowest BCUT2D eigenvalue weighted by molar-refractivity contribution is 0.104. The predicted octanol–water partition coefficient (Wildman–Crippen LogP) is 5.59. The van der Waals surface area contributed by atoms with Crippen molar-refractivity contribution in [3.05, 3.63) is 107 Å². The molecule has 0 aliphatic carbocycles. The number of hydrogen-bond donors (Lipinski definition) is 0. The van der Waals surface area contributed by atoms with Crippen LogP contribution >= 0.6 is 15.9 Å². The number of rotatable bonds is 5. The molecule has 136 valence electrons. The number of para-hydroxylation sites is 1. The van der Waals surface area contributed by atoms with Gasteiger partial charge in [0.25, 0.3) is 0 Å². The van der Waals surface area contributed by atoms with Crippen molar-refractivity contribution >= 4 is 27.8 Å². The molecular formula is C23H16BrN3O. The van der Waals surface area contributed by atoms with Crippen LogP contribution < -0.4 is 0 Å². The van der Waals surface area contributed by atoms with Crippen molar-refractivity contribution in [1.29, 1.82) is 0 Å². The normalized spacial score (nSPS) is 11.0. The summed E-state index contributed by atoms with van der Waals surface area (Å²) in [4.78, 5) is 16.7. The Hall–Kier alpha value is -3.31. The van der Waals surface area contributed by atoms with Gasteiger partial charge in [0.1, 0.15) is 5.69 Å². The molecule has 0 aliphatic heterocycles. The van der Waals surface area contributed by atoms with Gasteiger partial charge in [-0.25, -0.2) is 4.68 Å². The number of aromatic nitrogens is 3. The van der Waals surface area contributed by atoms with Crippen molar-refractivity contribution in [2.75, 3.05) is 0 Å². The van der Waals surface area contributed by atoms with E-state index in [4.69, 9.17) is 5.10 Å². The number of hydrogen-bond acceptors (Lipinski definition) is 3. The van der Waals surface area contributed by atoms with Crippen molar-refractivity contribution < 1.29 is 4.79 Å². The van der Waals surface area contributed by atoms with E-state index in [0.717, 1.165) is 27.0 Å².